The highest BCUT2D eigenvalue weighted by Crippen LogP contribution is 2.32. The lowest BCUT2D eigenvalue weighted by Gasteiger charge is -2.20. The van der Waals surface area contributed by atoms with Crippen LogP contribution in [-0.4, -0.2) is 25.4 Å². The van der Waals surface area contributed by atoms with Crippen LogP contribution in [0.3, 0.4) is 0 Å². The summed E-state index contributed by atoms with van der Waals surface area (Å²) in [7, 11) is -2.97. The monoisotopic (exact) mass is 235 g/mol. The lowest BCUT2D eigenvalue weighted by Crippen LogP contribution is -2.33. The van der Waals surface area contributed by atoms with Crippen molar-refractivity contribution >= 4 is 27.0 Å². The van der Waals surface area contributed by atoms with Crippen molar-refractivity contribution in [2.75, 3.05) is 12.0 Å². The van der Waals surface area contributed by atoms with Gasteiger partial charge in [-0.15, -0.1) is 0 Å². The number of nitrogens with two attached hydrogens (primary N) is 1. The third-order valence-electron chi connectivity index (χ3n) is 2.82. The Hall–Kier alpha value is -0.160. The van der Waals surface area contributed by atoms with Gasteiger partial charge in [-0.25, -0.2) is 8.42 Å². The number of hydrogen-bond donors (Lipinski definition) is 1. The van der Waals surface area contributed by atoms with E-state index >= 15 is 0 Å². The minimum atomic E-state index is -2.97. The van der Waals surface area contributed by atoms with Gasteiger partial charge in [0.05, 0.1) is 10.7 Å². The zero-order valence-corrected chi connectivity index (χ0v) is 10.0. The van der Waals surface area contributed by atoms with E-state index in [1.165, 1.54) is 19.1 Å². The summed E-state index contributed by atoms with van der Waals surface area (Å²) in [5.41, 5.74) is 5.59. The Bertz CT molecular complexity index is 305. The summed E-state index contributed by atoms with van der Waals surface area (Å²) in [5, 5.41) is 0. The van der Waals surface area contributed by atoms with E-state index in [-0.39, 0.29) is 11.7 Å². The quantitative estimate of drug-likeness (QED) is 0.742. The van der Waals surface area contributed by atoms with Crippen LogP contribution in [-0.2, 0) is 9.84 Å². The fraction of sp³-hybridized carbons (Fsp3) is 0.889. The first-order valence-corrected chi connectivity index (χ1v) is 7.34. The highest BCUT2D eigenvalue weighted by Gasteiger charge is 2.29. The number of hydrogen-bond acceptors (Lipinski definition) is 3. The summed E-state index contributed by atoms with van der Waals surface area (Å²) in [6.07, 6.45) is 5.73. The van der Waals surface area contributed by atoms with Crippen molar-refractivity contribution in [2.45, 2.75) is 25.7 Å². The van der Waals surface area contributed by atoms with Crippen LogP contribution in [0.4, 0.5) is 0 Å². The number of sulfone groups is 1. The molecular formula is C9H17NO2S2. The molecule has 3 nitrogen and oxygen atoms in total. The van der Waals surface area contributed by atoms with Crippen molar-refractivity contribution in [3.05, 3.63) is 0 Å². The van der Waals surface area contributed by atoms with Gasteiger partial charge < -0.3 is 5.73 Å². The Kier molecular flexibility index (Phi) is 3.89. The second kappa shape index (κ2) is 4.57. The van der Waals surface area contributed by atoms with Gasteiger partial charge in [0.25, 0.3) is 0 Å². The highest BCUT2D eigenvalue weighted by molar-refractivity contribution is 7.90. The molecule has 0 heterocycles. The Balaban J connectivity index is 2.69. The average Bonchev–Trinajstić information content (AvgIpc) is 2.49. The zero-order chi connectivity index (χ0) is 10.8. The van der Waals surface area contributed by atoms with Gasteiger partial charge in [-0.1, -0.05) is 25.1 Å². The Labute approximate surface area is 91.0 Å². The van der Waals surface area contributed by atoms with E-state index in [4.69, 9.17) is 18.0 Å². The highest BCUT2D eigenvalue weighted by atomic mass is 32.2. The smallest absolute Gasteiger partial charge is 0.148 e. The molecule has 5 heteroatoms. The van der Waals surface area contributed by atoms with Crippen molar-refractivity contribution in [1.29, 1.82) is 0 Å². The summed E-state index contributed by atoms with van der Waals surface area (Å²) in [5.74, 6) is 0.400. The lowest BCUT2D eigenvalue weighted by atomic mass is 9.92. The van der Waals surface area contributed by atoms with E-state index < -0.39 is 9.84 Å². The molecule has 0 radical (unpaired) electrons. The van der Waals surface area contributed by atoms with Crippen LogP contribution >= 0.6 is 12.2 Å². The van der Waals surface area contributed by atoms with E-state index in [0.717, 1.165) is 12.8 Å². The standard InChI is InChI=1S/C9H17NO2S2/c1-14(11,12)6-8(9(10)13)7-4-2-3-5-7/h7-8H,2-6H2,1H3,(H2,10,13)/t8-/m0/s1. The Morgan fingerprint density at radius 2 is 2.00 bits per heavy atom. The molecule has 1 fully saturated rings. The maximum Gasteiger partial charge on any atom is 0.148 e. The predicted molar refractivity (Wildman–Crippen MR) is 61.9 cm³/mol. The molecule has 0 bridgehead atoms. The van der Waals surface area contributed by atoms with Crippen LogP contribution in [0.2, 0.25) is 0 Å². The minimum Gasteiger partial charge on any atom is -0.393 e. The SMILES string of the molecule is CS(=O)(=O)C[C@H](C(N)=S)C1CCCC1. The third kappa shape index (κ3) is 3.53. The number of thiocarbonyl (C=S) groups is 1. The van der Waals surface area contributed by atoms with Gasteiger partial charge >= 0.3 is 0 Å². The van der Waals surface area contributed by atoms with E-state index in [0.29, 0.717) is 10.9 Å². The normalized spacial score (nSPS) is 20.9. The molecule has 0 saturated heterocycles. The Morgan fingerprint density at radius 1 is 1.50 bits per heavy atom. The molecule has 0 unspecified atom stereocenters. The molecule has 2 N–H and O–H groups in total. The largest absolute Gasteiger partial charge is 0.393 e. The van der Waals surface area contributed by atoms with E-state index in [1.807, 2.05) is 0 Å². The number of rotatable bonds is 4. The van der Waals surface area contributed by atoms with Crippen molar-refractivity contribution in [3.63, 3.8) is 0 Å². The van der Waals surface area contributed by atoms with Gasteiger partial charge in [0.1, 0.15) is 9.84 Å². The summed E-state index contributed by atoms with van der Waals surface area (Å²) >= 11 is 4.93. The molecule has 1 rings (SSSR count). The first kappa shape index (κ1) is 11.9. The maximum absolute atomic E-state index is 11.2. The van der Waals surface area contributed by atoms with Crippen molar-refractivity contribution in [3.8, 4) is 0 Å². The van der Waals surface area contributed by atoms with Gasteiger partial charge in [0, 0.05) is 12.2 Å². The lowest BCUT2D eigenvalue weighted by molar-refractivity contribution is 0.455. The topological polar surface area (TPSA) is 60.2 Å². The fourth-order valence-corrected chi connectivity index (χ4v) is 3.62. The predicted octanol–water partition coefficient (Wildman–Crippen LogP) is 1.12. The molecule has 0 aliphatic heterocycles. The van der Waals surface area contributed by atoms with E-state index in [9.17, 15) is 8.42 Å². The second-order valence-corrected chi connectivity index (χ2v) is 6.80. The van der Waals surface area contributed by atoms with E-state index in [2.05, 4.69) is 0 Å². The van der Waals surface area contributed by atoms with Crippen LogP contribution in [0.5, 0.6) is 0 Å². The maximum atomic E-state index is 11.2. The van der Waals surface area contributed by atoms with Crippen molar-refractivity contribution in [2.24, 2.45) is 17.6 Å². The van der Waals surface area contributed by atoms with Crippen molar-refractivity contribution in [1.82, 2.24) is 0 Å². The molecule has 82 valence electrons. The first-order chi connectivity index (χ1) is 6.40. The van der Waals surface area contributed by atoms with Crippen molar-refractivity contribution < 1.29 is 8.42 Å². The summed E-state index contributed by atoms with van der Waals surface area (Å²) in [6.45, 7) is 0. The fourth-order valence-electron chi connectivity index (χ4n) is 2.14. The second-order valence-electron chi connectivity index (χ2n) is 4.15. The average molecular weight is 235 g/mol. The Morgan fingerprint density at radius 3 is 2.36 bits per heavy atom. The van der Waals surface area contributed by atoms with Gasteiger partial charge in [0.15, 0.2) is 0 Å². The molecule has 1 aliphatic carbocycles. The first-order valence-electron chi connectivity index (χ1n) is 4.87. The molecule has 1 aliphatic rings. The van der Waals surface area contributed by atoms with E-state index in [1.54, 1.807) is 0 Å². The van der Waals surface area contributed by atoms with Gasteiger partial charge in [-0.05, 0) is 18.8 Å². The van der Waals surface area contributed by atoms with Gasteiger partial charge in [-0.2, -0.15) is 0 Å². The third-order valence-corrected chi connectivity index (χ3v) is 4.08. The molecule has 0 amide bonds. The molecule has 14 heavy (non-hydrogen) atoms. The zero-order valence-electron chi connectivity index (χ0n) is 8.40. The molecule has 0 spiro atoms. The summed E-state index contributed by atoms with van der Waals surface area (Å²) in [4.78, 5) is 0.363. The van der Waals surface area contributed by atoms with Gasteiger partial charge in [-0.3, -0.25) is 0 Å². The molecule has 1 saturated carbocycles. The molecule has 1 atom stereocenters. The van der Waals surface area contributed by atoms with Crippen LogP contribution in [0.25, 0.3) is 0 Å². The van der Waals surface area contributed by atoms with Crippen LogP contribution < -0.4 is 5.73 Å². The molecular weight excluding hydrogens is 218 g/mol. The molecule has 0 aromatic rings. The van der Waals surface area contributed by atoms with Crippen LogP contribution in [0.1, 0.15) is 25.7 Å². The minimum absolute atomic E-state index is 0.109. The summed E-state index contributed by atoms with van der Waals surface area (Å²) in [6, 6.07) is 0. The summed E-state index contributed by atoms with van der Waals surface area (Å²) < 4.78 is 22.4. The van der Waals surface area contributed by atoms with Crippen LogP contribution in [0, 0.1) is 11.8 Å². The van der Waals surface area contributed by atoms with Crippen LogP contribution in [0.15, 0.2) is 0 Å². The molecule has 0 aromatic carbocycles. The van der Waals surface area contributed by atoms with Gasteiger partial charge in [0.2, 0.25) is 0 Å². The molecule has 0 aromatic heterocycles.